The quantitative estimate of drug-likeness (QED) is 0.628. The Bertz CT molecular complexity index is 612. The predicted octanol–water partition coefficient (Wildman–Crippen LogP) is 4.19. The molecule has 1 aliphatic rings. The van der Waals surface area contributed by atoms with E-state index in [2.05, 4.69) is 39.7 Å². The molecule has 1 aromatic rings. The first-order chi connectivity index (χ1) is 11.3. The van der Waals surface area contributed by atoms with Gasteiger partial charge in [-0.3, -0.25) is 0 Å². The molecular formula is C21H30O3. The van der Waals surface area contributed by atoms with E-state index in [0.29, 0.717) is 31.7 Å². The molecule has 3 nitrogen and oxygen atoms in total. The van der Waals surface area contributed by atoms with Crippen LogP contribution in [0.25, 0.3) is 0 Å². The lowest BCUT2D eigenvalue weighted by Crippen LogP contribution is -2.31. The van der Waals surface area contributed by atoms with Crippen molar-refractivity contribution in [2.45, 2.75) is 58.5 Å². The van der Waals surface area contributed by atoms with E-state index in [1.54, 1.807) is 0 Å². The third kappa shape index (κ3) is 3.77. The number of rotatable bonds is 6. The van der Waals surface area contributed by atoms with Gasteiger partial charge in [-0.25, -0.2) is 0 Å². The van der Waals surface area contributed by atoms with Gasteiger partial charge in [0.2, 0.25) is 0 Å². The first-order valence-corrected chi connectivity index (χ1v) is 8.84. The van der Waals surface area contributed by atoms with Crippen molar-refractivity contribution < 1.29 is 14.6 Å². The largest absolute Gasteiger partial charge is 0.491 e. The lowest BCUT2D eigenvalue weighted by atomic mass is 9.64. The Balaban J connectivity index is 2.49. The Morgan fingerprint density at radius 2 is 2.04 bits per heavy atom. The fourth-order valence-electron chi connectivity index (χ4n) is 3.78. The Morgan fingerprint density at radius 3 is 2.67 bits per heavy atom. The molecule has 1 N–H and O–H groups in total. The number of aliphatic hydroxyl groups is 1. The molecule has 3 unspecified atom stereocenters. The van der Waals surface area contributed by atoms with Gasteiger partial charge >= 0.3 is 0 Å². The fourth-order valence-corrected chi connectivity index (χ4v) is 3.78. The minimum atomic E-state index is -0.907. The van der Waals surface area contributed by atoms with E-state index in [0.717, 1.165) is 17.7 Å². The molecule has 2 rings (SSSR count). The average molecular weight is 330 g/mol. The standard InChI is InChI=1S/C21H30O3/c1-7-18(22)16-11-17-20(15(4)14(3)13-21(17,5)6)19(12-16)24-10-9-23-8-2/h1,11-12,14-15,18,22H,8-10,13H2,2-6H3. The average Bonchev–Trinajstić information content (AvgIpc) is 2.55. The summed E-state index contributed by atoms with van der Waals surface area (Å²) in [5.41, 5.74) is 3.26. The fraction of sp³-hybridized carbons (Fsp3) is 0.619. The molecule has 0 bridgehead atoms. The minimum absolute atomic E-state index is 0.0314. The number of benzene rings is 1. The van der Waals surface area contributed by atoms with Crippen molar-refractivity contribution in [3.05, 3.63) is 28.8 Å². The second-order valence-corrected chi connectivity index (χ2v) is 7.45. The molecular weight excluding hydrogens is 300 g/mol. The van der Waals surface area contributed by atoms with Crippen molar-refractivity contribution in [2.75, 3.05) is 19.8 Å². The highest BCUT2D eigenvalue weighted by Crippen LogP contribution is 2.49. The molecule has 0 aliphatic heterocycles. The first kappa shape index (κ1) is 18.8. The van der Waals surface area contributed by atoms with E-state index >= 15 is 0 Å². The topological polar surface area (TPSA) is 38.7 Å². The van der Waals surface area contributed by atoms with Crippen LogP contribution in [0.2, 0.25) is 0 Å². The van der Waals surface area contributed by atoms with Crippen LogP contribution in [0.4, 0.5) is 0 Å². The number of aliphatic hydroxyl groups excluding tert-OH is 1. The molecule has 0 fully saturated rings. The summed E-state index contributed by atoms with van der Waals surface area (Å²) in [7, 11) is 0. The summed E-state index contributed by atoms with van der Waals surface area (Å²) in [6.07, 6.45) is 5.62. The summed E-state index contributed by atoms with van der Waals surface area (Å²) in [5, 5.41) is 10.1. The van der Waals surface area contributed by atoms with Gasteiger partial charge in [0.15, 0.2) is 0 Å². The maximum absolute atomic E-state index is 10.1. The molecule has 0 saturated heterocycles. The van der Waals surface area contributed by atoms with E-state index < -0.39 is 6.10 Å². The first-order valence-electron chi connectivity index (χ1n) is 8.84. The smallest absolute Gasteiger partial charge is 0.140 e. The van der Waals surface area contributed by atoms with Gasteiger partial charge in [0.1, 0.15) is 18.5 Å². The molecule has 0 saturated carbocycles. The molecule has 24 heavy (non-hydrogen) atoms. The van der Waals surface area contributed by atoms with E-state index in [-0.39, 0.29) is 5.41 Å². The molecule has 132 valence electrons. The van der Waals surface area contributed by atoms with Gasteiger partial charge in [0.05, 0.1) is 6.61 Å². The minimum Gasteiger partial charge on any atom is -0.491 e. The normalized spacial score (nSPS) is 23.2. The van der Waals surface area contributed by atoms with Gasteiger partial charge in [-0.15, -0.1) is 6.42 Å². The van der Waals surface area contributed by atoms with Crippen molar-refractivity contribution >= 4 is 0 Å². The van der Waals surface area contributed by atoms with E-state index in [4.69, 9.17) is 15.9 Å². The van der Waals surface area contributed by atoms with E-state index in [1.807, 2.05) is 13.0 Å². The van der Waals surface area contributed by atoms with E-state index in [9.17, 15) is 5.11 Å². The summed E-state index contributed by atoms with van der Waals surface area (Å²) in [6, 6.07) is 3.97. The molecule has 1 aromatic carbocycles. The maximum atomic E-state index is 10.1. The third-order valence-corrected chi connectivity index (χ3v) is 5.20. The zero-order chi connectivity index (χ0) is 17.9. The lowest BCUT2D eigenvalue weighted by molar-refractivity contribution is 0.109. The second kappa shape index (κ2) is 7.59. The van der Waals surface area contributed by atoms with Gasteiger partial charge in [0.25, 0.3) is 0 Å². The lowest BCUT2D eigenvalue weighted by Gasteiger charge is -2.41. The molecule has 3 atom stereocenters. The van der Waals surface area contributed by atoms with Gasteiger partial charge in [-0.1, -0.05) is 39.7 Å². The van der Waals surface area contributed by atoms with Gasteiger partial charge in [-0.05, 0) is 47.8 Å². The number of terminal acetylenes is 1. The van der Waals surface area contributed by atoms with Crippen LogP contribution in [0.1, 0.15) is 69.8 Å². The SMILES string of the molecule is C#CC(O)c1cc(OCCOCC)c2c(c1)C(C)(C)CC(C)C2C. The molecule has 0 radical (unpaired) electrons. The number of ether oxygens (including phenoxy) is 2. The summed E-state index contributed by atoms with van der Waals surface area (Å²) >= 11 is 0. The van der Waals surface area contributed by atoms with Crippen molar-refractivity contribution in [2.24, 2.45) is 5.92 Å². The van der Waals surface area contributed by atoms with Crippen LogP contribution in [0.3, 0.4) is 0 Å². The number of hydrogen-bond acceptors (Lipinski definition) is 3. The Kier molecular flexibility index (Phi) is 5.96. The zero-order valence-electron chi connectivity index (χ0n) is 15.6. The van der Waals surface area contributed by atoms with Crippen LogP contribution in [0.15, 0.2) is 12.1 Å². The summed E-state index contributed by atoms with van der Waals surface area (Å²) < 4.78 is 11.4. The molecule has 0 amide bonds. The van der Waals surface area contributed by atoms with E-state index in [1.165, 1.54) is 11.1 Å². The van der Waals surface area contributed by atoms with Crippen LogP contribution in [0, 0.1) is 18.3 Å². The van der Waals surface area contributed by atoms with Crippen LogP contribution in [-0.4, -0.2) is 24.9 Å². The Morgan fingerprint density at radius 1 is 1.33 bits per heavy atom. The van der Waals surface area contributed by atoms with Gasteiger partial charge in [0, 0.05) is 12.2 Å². The third-order valence-electron chi connectivity index (χ3n) is 5.20. The predicted molar refractivity (Wildman–Crippen MR) is 97.4 cm³/mol. The monoisotopic (exact) mass is 330 g/mol. The highest BCUT2D eigenvalue weighted by molar-refractivity contribution is 5.52. The molecule has 1 aliphatic carbocycles. The van der Waals surface area contributed by atoms with Crippen molar-refractivity contribution in [1.29, 1.82) is 0 Å². The molecule has 0 spiro atoms. The highest BCUT2D eigenvalue weighted by atomic mass is 16.5. The second-order valence-electron chi connectivity index (χ2n) is 7.45. The Hall–Kier alpha value is -1.50. The molecule has 3 heteroatoms. The Labute approximate surface area is 146 Å². The van der Waals surface area contributed by atoms with Gasteiger partial charge in [-0.2, -0.15) is 0 Å². The number of hydrogen-bond donors (Lipinski definition) is 1. The van der Waals surface area contributed by atoms with Crippen molar-refractivity contribution in [1.82, 2.24) is 0 Å². The summed E-state index contributed by atoms with van der Waals surface area (Å²) in [5.74, 6) is 4.23. The van der Waals surface area contributed by atoms with Crippen LogP contribution in [0.5, 0.6) is 5.75 Å². The van der Waals surface area contributed by atoms with Crippen molar-refractivity contribution in [3.63, 3.8) is 0 Å². The van der Waals surface area contributed by atoms with Crippen LogP contribution < -0.4 is 4.74 Å². The number of fused-ring (bicyclic) bond motifs is 1. The van der Waals surface area contributed by atoms with Crippen LogP contribution >= 0.6 is 0 Å². The maximum Gasteiger partial charge on any atom is 0.140 e. The highest BCUT2D eigenvalue weighted by Gasteiger charge is 2.37. The summed E-state index contributed by atoms with van der Waals surface area (Å²) in [4.78, 5) is 0. The molecule has 0 aromatic heterocycles. The molecule has 0 heterocycles. The zero-order valence-corrected chi connectivity index (χ0v) is 15.6. The summed E-state index contributed by atoms with van der Waals surface area (Å²) in [6.45, 7) is 12.8. The van der Waals surface area contributed by atoms with Gasteiger partial charge < -0.3 is 14.6 Å². The van der Waals surface area contributed by atoms with Crippen LogP contribution in [-0.2, 0) is 10.2 Å². The van der Waals surface area contributed by atoms with Crippen molar-refractivity contribution in [3.8, 4) is 18.1 Å².